The van der Waals surface area contributed by atoms with Crippen LogP contribution in [-0.4, -0.2) is 61.8 Å². The molecule has 0 atom stereocenters. The Balaban J connectivity index is 1.16. The summed E-state index contributed by atoms with van der Waals surface area (Å²) < 4.78 is 1.03. The van der Waals surface area contributed by atoms with Crippen LogP contribution in [0.2, 0.25) is 10.0 Å². The van der Waals surface area contributed by atoms with Crippen LogP contribution in [0.1, 0.15) is 30.0 Å². The van der Waals surface area contributed by atoms with Crippen molar-refractivity contribution >= 4 is 46.3 Å². The molecule has 264 valence electrons. The van der Waals surface area contributed by atoms with Gasteiger partial charge in [0.15, 0.2) is 0 Å². The molecule has 1 aliphatic rings. The minimum atomic E-state index is -0.767. The van der Waals surface area contributed by atoms with Crippen LogP contribution in [0, 0.1) is 0 Å². The predicted octanol–water partition coefficient (Wildman–Crippen LogP) is 7.69. The van der Waals surface area contributed by atoms with Crippen molar-refractivity contribution in [2.24, 2.45) is 0 Å². The van der Waals surface area contributed by atoms with Crippen molar-refractivity contribution in [2.45, 2.75) is 25.8 Å². The number of rotatable bonds is 8. The van der Waals surface area contributed by atoms with E-state index in [2.05, 4.69) is 44.6 Å². The van der Waals surface area contributed by atoms with Crippen molar-refractivity contribution in [3.8, 4) is 27.4 Å². The molecule has 1 aliphatic heterocycles. The Labute approximate surface area is 314 Å². The number of thiazole rings is 1. The molecule has 13 heteroatoms. The molecule has 7 rings (SSSR count). The highest BCUT2D eigenvalue weighted by Gasteiger charge is 2.34. The lowest BCUT2D eigenvalue weighted by atomic mass is 9.85. The number of hydrogen-bond donors (Lipinski definition) is 2. The Kier molecular flexibility index (Phi) is 10.1. The molecule has 0 spiro atoms. The molecule has 0 unspecified atom stereocenters. The van der Waals surface area contributed by atoms with Crippen molar-refractivity contribution in [3.05, 3.63) is 150 Å². The van der Waals surface area contributed by atoms with Crippen LogP contribution in [0.3, 0.4) is 0 Å². The van der Waals surface area contributed by atoms with E-state index in [1.165, 1.54) is 16.9 Å². The van der Waals surface area contributed by atoms with Crippen LogP contribution in [-0.2, 0) is 12.0 Å². The van der Waals surface area contributed by atoms with Gasteiger partial charge in [-0.15, -0.1) is 11.3 Å². The van der Waals surface area contributed by atoms with Crippen LogP contribution in [0.15, 0.2) is 113 Å². The Bertz CT molecular complexity index is 2330. The summed E-state index contributed by atoms with van der Waals surface area (Å²) >= 11 is 15.3. The molecule has 0 aliphatic carbocycles. The van der Waals surface area contributed by atoms with Crippen LogP contribution in [0.5, 0.6) is 0 Å². The summed E-state index contributed by atoms with van der Waals surface area (Å²) in [5.41, 5.74) is 3.45. The highest BCUT2D eigenvalue weighted by atomic mass is 35.5. The molecule has 0 bridgehead atoms. The van der Waals surface area contributed by atoms with Gasteiger partial charge in [0.1, 0.15) is 11.2 Å². The fourth-order valence-electron chi connectivity index (χ4n) is 6.39. The Hall–Kier alpha value is -5.07. The highest BCUT2D eigenvalue weighted by molar-refractivity contribution is 7.16. The summed E-state index contributed by atoms with van der Waals surface area (Å²) in [6.07, 6.45) is 1.01. The van der Waals surface area contributed by atoms with E-state index >= 15 is 0 Å². The second-order valence-corrected chi connectivity index (χ2v) is 14.9. The van der Waals surface area contributed by atoms with E-state index in [0.717, 1.165) is 57.2 Å². The summed E-state index contributed by atoms with van der Waals surface area (Å²) in [7, 11) is 0. The zero-order chi connectivity index (χ0) is 36.4. The quantitative estimate of drug-likeness (QED) is 0.165. The third-order valence-corrected chi connectivity index (χ3v) is 11.1. The van der Waals surface area contributed by atoms with E-state index < -0.39 is 16.7 Å². The van der Waals surface area contributed by atoms with Crippen LogP contribution in [0.4, 0.5) is 10.5 Å². The standard InChI is InChI=1S/C39H35Cl2N7O3S/c1-39(2,33-30(40)21-29(22-31(33)41)48-38(51)44-32(49)23-42-48)36-45-34(26-12-7-4-8-13-26)35(52-36)27-14-9-15-28(20-27)43-37(50)47-18-16-46(17-19-47)24-25-10-5-3-6-11-25/h3-15,20-23H,16-19,24H2,1-2H3,(H,43,50)(H,44,49,51). The largest absolute Gasteiger partial charge is 0.349 e. The van der Waals surface area contributed by atoms with Gasteiger partial charge in [-0.2, -0.15) is 9.78 Å². The van der Waals surface area contributed by atoms with Crippen molar-refractivity contribution in [1.82, 2.24) is 29.5 Å². The van der Waals surface area contributed by atoms with E-state index in [4.69, 9.17) is 28.2 Å². The number of benzene rings is 4. The molecule has 4 aromatic carbocycles. The lowest BCUT2D eigenvalue weighted by Crippen LogP contribution is -2.49. The number of piperazine rings is 1. The van der Waals surface area contributed by atoms with Crippen LogP contribution >= 0.6 is 34.5 Å². The second-order valence-electron chi connectivity index (χ2n) is 13.1. The maximum Gasteiger partial charge on any atom is 0.349 e. The smallest absolute Gasteiger partial charge is 0.322 e. The average Bonchev–Trinajstić information content (AvgIpc) is 3.59. The first-order valence-electron chi connectivity index (χ1n) is 16.7. The van der Waals surface area contributed by atoms with Gasteiger partial charge in [-0.25, -0.2) is 14.6 Å². The Morgan fingerprint density at radius 3 is 2.19 bits per heavy atom. The Morgan fingerprint density at radius 2 is 1.52 bits per heavy atom. The normalized spacial score (nSPS) is 13.7. The molecule has 10 nitrogen and oxygen atoms in total. The number of anilines is 1. The van der Waals surface area contributed by atoms with Crippen LogP contribution < -0.4 is 16.6 Å². The van der Waals surface area contributed by atoms with Crippen LogP contribution in [0.25, 0.3) is 27.4 Å². The van der Waals surface area contributed by atoms with E-state index in [1.807, 2.05) is 79.4 Å². The second kappa shape index (κ2) is 14.9. The predicted molar refractivity (Wildman–Crippen MR) is 208 cm³/mol. The van der Waals surface area contributed by atoms with Crippen molar-refractivity contribution in [3.63, 3.8) is 0 Å². The summed E-state index contributed by atoms with van der Waals surface area (Å²) in [5.74, 6) is 0. The maximum atomic E-state index is 13.4. The molecular weight excluding hydrogens is 717 g/mol. The number of aromatic nitrogens is 4. The molecule has 0 saturated carbocycles. The number of halogens is 2. The fraction of sp³-hybridized carbons (Fsp3) is 0.205. The highest BCUT2D eigenvalue weighted by Crippen LogP contribution is 2.47. The van der Waals surface area contributed by atoms with E-state index in [1.54, 1.807) is 12.1 Å². The van der Waals surface area contributed by atoms with Gasteiger partial charge in [0.25, 0.3) is 5.56 Å². The number of amides is 2. The summed E-state index contributed by atoms with van der Waals surface area (Å²) in [6.45, 7) is 7.77. The Morgan fingerprint density at radius 1 is 0.865 bits per heavy atom. The molecule has 2 N–H and O–H groups in total. The van der Waals surface area contributed by atoms with Gasteiger partial charge in [-0.1, -0.05) is 96.0 Å². The number of carbonyl (C=O) groups is 1. The third-order valence-electron chi connectivity index (χ3n) is 9.10. The number of aromatic amines is 1. The van der Waals surface area contributed by atoms with Crippen molar-refractivity contribution in [1.29, 1.82) is 0 Å². The average molecular weight is 753 g/mol. The van der Waals surface area contributed by atoms with Gasteiger partial charge in [-0.3, -0.25) is 14.7 Å². The monoisotopic (exact) mass is 751 g/mol. The van der Waals surface area contributed by atoms with Crippen molar-refractivity contribution < 1.29 is 4.79 Å². The van der Waals surface area contributed by atoms with Gasteiger partial charge < -0.3 is 10.2 Å². The number of hydrogen-bond acceptors (Lipinski definition) is 7. The summed E-state index contributed by atoms with van der Waals surface area (Å²) in [6, 6.07) is 31.2. The molecule has 1 fully saturated rings. The molecule has 2 amide bonds. The number of carbonyl (C=O) groups excluding carboxylic acids is 1. The molecule has 0 radical (unpaired) electrons. The minimum Gasteiger partial charge on any atom is -0.322 e. The molecule has 52 heavy (non-hydrogen) atoms. The van der Waals surface area contributed by atoms with Crippen molar-refractivity contribution in [2.75, 3.05) is 31.5 Å². The topological polar surface area (TPSA) is 116 Å². The maximum absolute atomic E-state index is 13.4. The first-order valence-corrected chi connectivity index (χ1v) is 18.3. The molecular formula is C39H35Cl2N7O3S. The van der Waals surface area contributed by atoms with E-state index in [0.29, 0.717) is 40.1 Å². The number of nitrogens with one attached hydrogen (secondary N) is 2. The fourth-order valence-corrected chi connectivity index (χ4v) is 8.53. The minimum absolute atomic E-state index is 0.127. The first kappa shape index (κ1) is 35.3. The van der Waals surface area contributed by atoms with Gasteiger partial charge >= 0.3 is 11.7 Å². The zero-order valence-electron chi connectivity index (χ0n) is 28.5. The lowest BCUT2D eigenvalue weighted by molar-refractivity contribution is 0.143. The van der Waals surface area contributed by atoms with Gasteiger partial charge in [0, 0.05) is 65.0 Å². The van der Waals surface area contributed by atoms with Gasteiger partial charge in [0.2, 0.25) is 0 Å². The lowest BCUT2D eigenvalue weighted by Gasteiger charge is -2.34. The zero-order valence-corrected chi connectivity index (χ0v) is 30.8. The number of urea groups is 1. The molecule has 2 aromatic heterocycles. The third kappa shape index (κ3) is 7.44. The summed E-state index contributed by atoms with van der Waals surface area (Å²) in [4.78, 5) is 49.9. The molecule has 1 saturated heterocycles. The SMILES string of the molecule is CC(C)(c1nc(-c2ccccc2)c(-c2cccc(NC(=O)N3CCN(Cc4ccccc4)CC3)c2)s1)c1c(Cl)cc(-n2ncc(=O)[nH]c2=O)cc1Cl. The molecule has 3 heterocycles. The number of nitrogens with zero attached hydrogens (tertiary/aromatic N) is 5. The van der Waals surface area contributed by atoms with Gasteiger partial charge in [0.05, 0.1) is 16.3 Å². The number of H-pyrrole nitrogens is 1. The van der Waals surface area contributed by atoms with E-state index in [9.17, 15) is 14.4 Å². The van der Waals surface area contributed by atoms with E-state index in [-0.39, 0.29) is 6.03 Å². The van der Waals surface area contributed by atoms with Gasteiger partial charge in [-0.05, 0) is 49.2 Å². The molecule has 6 aromatic rings. The summed E-state index contributed by atoms with van der Waals surface area (Å²) in [5, 5.41) is 8.45. The first-order chi connectivity index (χ1) is 25.1.